The van der Waals surface area contributed by atoms with Crippen LogP contribution in [0.4, 0.5) is 5.69 Å². The molecule has 1 heterocycles. The monoisotopic (exact) mass is 368 g/mol. The van der Waals surface area contributed by atoms with Crippen molar-refractivity contribution in [2.24, 2.45) is 10.9 Å². The fraction of sp³-hybridized carbons (Fsp3) is 0.500. The van der Waals surface area contributed by atoms with Crippen molar-refractivity contribution in [3.63, 3.8) is 0 Å². The summed E-state index contributed by atoms with van der Waals surface area (Å²) in [5.74, 6) is 0.607. The van der Waals surface area contributed by atoms with Gasteiger partial charge in [0, 0.05) is 16.4 Å². The quantitative estimate of drug-likeness (QED) is 0.766. The zero-order chi connectivity index (χ0) is 15.0. The van der Waals surface area contributed by atoms with Gasteiger partial charge in [-0.1, -0.05) is 31.4 Å². The number of Topliss-reactive ketones (excluding diaryl/α,β-unsaturated/α-hetero) is 1. The lowest BCUT2D eigenvalue weighted by Gasteiger charge is -2.25. The molecule has 0 saturated heterocycles. The molecule has 0 radical (unpaired) electrons. The number of nitrogens with zero attached hydrogens (tertiary/aromatic N) is 1. The van der Waals surface area contributed by atoms with Gasteiger partial charge in [-0.2, -0.15) is 0 Å². The Hall–Kier alpha value is -0.870. The number of rotatable bonds is 2. The van der Waals surface area contributed by atoms with Crippen molar-refractivity contribution in [1.29, 1.82) is 0 Å². The molecule has 3 atom stereocenters. The van der Waals surface area contributed by atoms with Crippen LogP contribution in [0.3, 0.4) is 0 Å². The molecule has 5 heteroatoms. The number of ketones is 1. The molecule has 1 saturated carbocycles. The summed E-state index contributed by atoms with van der Waals surface area (Å²) in [4.78, 5) is 17.1. The Labute approximate surface area is 138 Å². The largest absolute Gasteiger partial charge is 0.370 e. The number of carbonyl (C=O) groups is 1. The highest BCUT2D eigenvalue weighted by molar-refractivity contribution is 9.10. The van der Waals surface area contributed by atoms with Crippen molar-refractivity contribution < 1.29 is 4.79 Å². The van der Waals surface area contributed by atoms with Gasteiger partial charge in [0.1, 0.15) is 6.04 Å². The van der Waals surface area contributed by atoms with E-state index in [2.05, 4.69) is 33.2 Å². The Morgan fingerprint density at radius 2 is 2.14 bits per heavy atom. The number of carbonyl (C=O) groups excluding carboxylic acids is 1. The molecule has 0 spiro atoms. The molecule has 3 rings (SSSR count). The van der Waals surface area contributed by atoms with Crippen LogP contribution in [-0.4, -0.2) is 24.1 Å². The number of fused-ring (bicyclic) bond motifs is 1. The van der Waals surface area contributed by atoms with Gasteiger partial charge in [0.05, 0.1) is 16.6 Å². The molecule has 1 fully saturated rings. The molecule has 2 aliphatic rings. The second-order valence-electron chi connectivity index (χ2n) is 5.90. The number of hydrogen-bond acceptors (Lipinski definition) is 3. The summed E-state index contributed by atoms with van der Waals surface area (Å²) in [5, 5.41) is 3.68. The zero-order valence-electron chi connectivity index (χ0n) is 11.9. The van der Waals surface area contributed by atoms with Crippen LogP contribution in [-0.2, 0) is 0 Å². The summed E-state index contributed by atoms with van der Waals surface area (Å²) in [6.45, 7) is 2.24. The average Bonchev–Trinajstić information content (AvgIpc) is 2.79. The lowest BCUT2D eigenvalue weighted by molar-refractivity contribution is 0.1000. The van der Waals surface area contributed by atoms with E-state index in [-0.39, 0.29) is 11.8 Å². The molecule has 1 aromatic carbocycles. The highest BCUT2D eigenvalue weighted by atomic mass is 79.9. The third kappa shape index (κ3) is 2.88. The molecule has 0 amide bonds. The van der Waals surface area contributed by atoms with E-state index in [0.717, 1.165) is 16.6 Å². The molecule has 1 aliphatic heterocycles. The minimum Gasteiger partial charge on any atom is -0.370 e. The predicted octanol–water partition coefficient (Wildman–Crippen LogP) is 4.73. The molecule has 1 aliphatic carbocycles. The van der Waals surface area contributed by atoms with Crippen molar-refractivity contribution >= 4 is 45.2 Å². The highest BCUT2D eigenvalue weighted by Crippen LogP contribution is 2.36. The van der Waals surface area contributed by atoms with Gasteiger partial charge in [0.15, 0.2) is 5.78 Å². The Morgan fingerprint density at radius 3 is 2.90 bits per heavy atom. The van der Waals surface area contributed by atoms with Crippen molar-refractivity contribution in [3.8, 4) is 0 Å². The lowest BCUT2D eigenvalue weighted by Crippen LogP contribution is -2.27. The van der Waals surface area contributed by atoms with Crippen LogP contribution in [0, 0.1) is 5.92 Å². The fourth-order valence-electron chi connectivity index (χ4n) is 3.12. The van der Waals surface area contributed by atoms with E-state index < -0.39 is 0 Å². The molecule has 3 nitrogen and oxygen atoms in total. The van der Waals surface area contributed by atoms with Crippen LogP contribution in [0.15, 0.2) is 21.6 Å². The third-order valence-electron chi connectivity index (χ3n) is 4.43. The second kappa shape index (κ2) is 6.09. The maximum atomic E-state index is 12.5. The van der Waals surface area contributed by atoms with Gasteiger partial charge in [-0.05, 0) is 46.8 Å². The molecule has 0 aromatic heterocycles. The molecule has 0 bridgehead atoms. The number of benzene rings is 1. The summed E-state index contributed by atoms with van der Waals surface area (Å²) in [6, 6.07) is 3.69. The Bertz CT molecular complexity index is 602. The SMILES string of the molecule is C[C@@H]1CCCC[C@H]1N=CC1Nc2ccc(Br)c(Cl)c2C1=O. The number of nitrogens with one attached hydrogen (secondary N) is 1. The van der Waals surface area contributed by atoms with Gasteiger partial charge in [-0.15, -0.1) is 0 Å². The van der Waals surface area contributed by atoms with E-state index in [1.54, 1.807) is 6.21 Å². The Morgan fingerprint density at radius 1 is 1.38 bits per heavy atom. The minimum atomic E-state index is -0.388. The normalized spacial score (nSPS) is 28.7. The first-order valence-corrected chi connectivity index (χ1v) is 8.57. The summed E-state index contributed by atoms with van der Waals surface area (Å²) in [7, 11) is 0. The predicted molar refractivity (Wildman–Crippen MR) is 90.8 cm³/mol. The maximum Gasteiger partial charge on any atom is 0.194 e. The van der Waals surface area contributed by atoms with Gasteiger partial charge in [-0.3, -0.25) is 9.79 Å². The summed E-state index contributed by atoms with van der Waals surface area (Å²) >= 11 is 9.58. The number of aliphatic imine (C=N–C) groups is 1. The van der Waals surface area contributed by atoms with Crippen LogP contribution < -0.4 is 5.32 Å². The second-order valence-corrected chi connectivity index (χ2v) is 7.13. The van der Waals surface area contributed by atoms with E-state index in [1.807, 2.05) is 12.1 Å². The highest BCUT2D eigenvalue weighted by Gasteiger charge is 2.32. The minimum absolute atomic E-state index is 0.00325. The zero-order valence-corrected chi connectivity index (χ0v) is 14.2. The average molecular weight is 370 g/mol. The fourth-order valence-corrected chi connectivity index (χ4v) is 3.71. The Balaban J connectivity index is 1.77. The molecular formula is C16H18BrClN2O. The number of hydrogen-bond donors (Lipinski definition) is 1. The number of anilines is 1. The molecule has 1 unspecified atom stereocenters. The van der Waals surface area contributed by atoms with Crippen LogP contribution in [0.25, 0.3) is 0 Å². The first kappa shape index (κ1) is 15.0. The summed E-state index contributed by atoms with van der Waals surface area (Å²) in [5.41, 5.74) is 1.36. The summed E-state index contributed by atoms with van der Waals surface area (Å²) < 4.78 is 0.747. The molecule has 1 aromatic rings. The van der Waals surface area contributed by atoms with Crippen LogP contribution in [0.1, 0.15) is 43.0 Å². The van der Waals surface area contributed by atoms with E-state index in [9.17, 15) is 4.79 Å². The van der Waals surface area contributed by atoms with Gasteiger partial charge < -0.3 is 5.32 Å². The first-order valence-electron chi connectivity index (χ1n) is 7.40. The molecular weight excluding hydrogens is 352 g/mol. The van der Waals surface area contributed by atoms with Crippen molar-refractivity contribution in [2.75, 3.05) is 5.32 Å². The van der Waals surface area contributed by atoms with Gasteiger partial charge in [-0.25, -0.2) is 0 Å². The first-order chi connectivity index (χ1) is 10.1. The molecule has 1 N–H and O–H groups in total. The van der Waals surface area contributed by atoms with Crippen molar-refractivity contribution in [2.45, 2.75) is 44.7 Å². The molecule has 21 heavy (non-hydrogen) atoms. The Kier molecular flexibility index (Phi) is 4.36. The van der Waals surface area contributed by atoms with E-state index in [4.69, 9.17) is 11.6 Å². The standard InChI is InChI=1S/C16H18BrClN2O/c1-9-4-2-3-5-11(9)19-8-13-16(21)14-12(20-13)7-6-10(17)15(14)18/h6-9,11,13,20H,2-5H2,1H3/t9-,11-,13?/m1/s1. The maximum absolute atomic E-state index is 12.5. The van der Waals surface area contributed by atoms with Crippen LogP contribution in [0.5, 0.6) is 0 Å². The van der Waals surface area contributed by atoms with Gasteiger partial charge in [0.25, 0.3) is 0 Å². The van der Waals surface area contributed by atoms with Gasteiger partial charge in [0.2, 0.25) is 0 Å². The summed E-state index contributed by atoms with van der Waals surface area (Å²) in [6.07, 6.45) is 6.66. The molecule has 112 valence electrons. The third-order valence-corrected chi connectivity index (χ3v) is 5.71. The van der Waals surface area contributed by atoms with Crippen LogP contribution in [0.2, 0.25) is 5.02 Å². The van der Waals surface area contributed by atoms with Crippen molar-refractivity contribution in [3.05, 3.63) is 27.2 Å². The smallest absolute Gasteiger partial charge is 0.194 e. The van der Waals surface area contributed by atoms with E-state index >= 15 is 0 Å². The van der Waals surface area contributed by atoms with Crippen LogP contribution >= 0.6 is 27.5 Å². The van der Waals surface area contributed by atoms with Gasteiger partial charge >= 0.3 is 0 Å². The lowest BCUT2D eigenvalue weighted by atomic mass is 9.86. The van der Waals surface area contributed by atoms with E-state index in [1.165, 1.54) is 19.3 Å². The van der Waals surface area contributed by atoms with Crippen molar-refractivity contribution in [1.82, 2.24) is 0 Å². The number of halogens is 2. The topological polar surface area (TPSA) is 41.5 Å². The van der Waals surface area contributed by atoms with E-state index in [0.29, 0.717) is 22.5 Å².